The number of likely N-dealkylation sites (N-methyl/N-ethyl adjacent to an activating group) is 1. The molecule has 4 N–H and O–H groups in total. The third kappa shape index (κ3) is 4.18. The SMILES string of the molecule is CN(Cc1c(F)cccc1Cl)C(=O)C(N)CC(N)=O. The van der Waals surface area contributed by atoms with Gasteiger partial charge < -0.3 is 16.4 Å². The van der Waals surface area contributed by atoms with Gasteiger partial charge in [0.15, 0.2) is 0 Å². The Morgan fingerprint density at radius 3 is 2.63 bits per heavy atom. The topological polar surface area (TPSA) is 89.4 Å². The molecule has 1 aromatic rings. The fourth-order valence-corrected chi connectivity index (χ4v) is 1.81. The summed E-state index contributed by atoms with van der Waals surface area (Å²) in [5, 5.41) is 0.225. The first-order valence-corrected chi connectivity index (χ1v) is 5.92. The number of benzene rings is 1. The van der Waals surface area contributed by atoms with Gasteiger partial charge in [0.1, 0.15) is 5.82 Å². The van der Waals surface area contributed by atoms with Crippen molar-refractivity contribution < 1.29 is 14.0 Å². The highest BCUT2D eigenvalue weighted by molar-refractivity contribution is 6.31. The second-order valence-corrected chi connectivity index (χ2v) is 4.58. The van der Waals surface area contributed by atoms with Crippen LogP contribution in [0.4, 0.5) is 4.39 Å². The molecule has 7 heteroatoms. The minimum Gasteiger partial charge on any atom is -0.370 e. The zero-order valence-corrected chi connectivity index (χ0v) is 11.2. The van der Waals surface area contributed by atoms with Crippen LogP contribution in [-0.4, -0.2) is 29.8 Å². The average Bonchev–Trinajstić information content (AvgIpc) is 2.32. The van der Waals surface area contributed by atoms with Crippen LogP contribution >= 0.6 is 11.6 Å². The lowest BCUT2D eigenvalue weighted by molar-refractivity contribution is -0.134. The summed E-state index contributed by atoms with van der Waals surface area (Å²) in [4.78, 5) is 23.7. The van der Waals surface area contributed by atoms with Crippen LogP contribution in [0.15, 0.2) is 18.2 Å². The van der Waals surface area contributed by atoms with Crippen molar-refractivity contribution in [2.45, 2.75) is 19.0 Å². The van der Waals surface area contributed by atoms with Crippen LogP contribution in [-0.2, 0) is 16.1 Å². The van der Waals surface area contributed by atoms with E-state index in [1.165, 1.54) is 30.1 Å². The molecule has 1 aromatic carbocycles. The van der Waals surface area contributed by atoms with Gasteiger partial charge in [0.25, 0.3) is 0 Å². The Bertz CT molecular complexity index is 476. The molecule has 0 aliphatic carbocycles. The average molecular weight is 288 g/mol. The molecule has 0 aliphatic heterocycles. The molecule has 104 valence electrons. The summed E-state index contributed by atoms with van der Waals surface area (Å²) < 4.78 is 13.6. The van der Waals surface area contributed by atoms with Crippen molar-refractivity contribution in [1.82, 2.24) is 4.90 Å². The second kappa shape index (κ2) is 6.49. The fourth-order valence-electron chi connectivity index (χ4n) is 1.59. The molecule has 1 atom stereocenters. The highest BCUT2D eigenvalue weighted by atomic mass is 35.5. The van der Waals surface area contributed by atoms with Crippen LogP contribution in [0.2, 0.25) is 5.02 Å². The third-order valence-electron chi connectivity index (χ3n) is 2.57. The Hall–Kier alpha value is -1.66. The van der Waals surface area contributed by atoms with Crippen LogP contribution < -0.4 is 11.5 Å². The van der Waals surface area contributed by atoms with Gasteiger partial charge in [0.05, 0.1) is 12.5 Å². The lowest BCUT2D eigenvalue weighted by atomic mass is 10.1. The molecular formula is C12H15ClFN3O2. The van der Waals surface area contributed by atoms with Crippen molar-refractivity contribution in [3.63, 3.8) is 0 Å². The molecule has 0 saturated carbocycles. The van der Waals surface area contributed by atoms with Gasteiger partial charge in [-0.1, -0.05) is 17.7 Å². The summed E-state index contributed by atoms with van der Waals surface area (Å²) in [6.45, 7) is -0.0310. The van der Waals surface area contributed by atoms with Gasteiger partial charge in [0, 0.05) is 24.2 Å². The fraction of sp³-hybridized carbons (Fsp3) is 0.333. The van der Waals surface area contributed by atoms with Gasteiger partial charge >= 0.3 is 0 Å². The van der Waals surface area contributed by atoms with Crippen molar-refractivity contribution in [1.29, 1.82) is 0 Å². The molecule has 1 rings (SSSR count). The van der Waals surface area contributed by atoms with E-state index >= 15 is 0 Å². The van der Waals surface area contributed by atoms with E-state index in [0.717, 1.165) is 0 Å². The van der Waals surface area contributed by atoms with E-state index in [1.807, 2.05) is 0 Å². The predicted octanol–water partition coefficient (Wildman–Crippen LogP) is 0.640. The zero-order valence-electron chi connectivity index (χ0n) is 10.4. The normalized spacial score (nSPS) is 12.0. The molecule has 19 heavy (non-hydrogen) atoms. The van der Waals surface area contributed by atoms with Crippen molar-refractivity contribution in [2.24, 2.45) is 11.5 Å². The zero-order chi connectivity index (χ0) is 14.6. The predicted molar refractivity (Wildman–Crippen MR) is 69.7 cm³/mol. The Balaban J connectivity index is 2.77. The third-order valence-corrected chi connectivity index (χ3v) is 2.93. The van der Waals surface area contributed by atoms with Crippen LogP contribution in [0.1, 0.15) is 12.0 Å². The number of primary amides is 1. The van der Waals surface area contributed by atoms with Crippen molar-refractivity contribution in [3.8, 4) is 0 Å². The lowest BCUT2D eigenvalue weighted by Gasteiger charge is -2.21. The monoisotopic (exact) mass is 287 g/mol. The number of amides is 2. The number of carbonyl (C=O) groups is 2. The standard InChI is InChI=1S/C12H15ClFN3O2/c1-17(12(19)10(15)5-11(16)18)6-7-8(13)3-2-4-9(7)14/h2-4,10H,5-6,15H2,1H3,(H2,16,18). The quantitative estimate of drug-likeness (QED) is 0.833. The second-order valence-electron chi connectivity index (χ2n) is 4.17. The van der Waals surface area contributed by atoms with Crippen molar-refractivity contribution in [3.05, 3.63) is 34.6 Å². The van der Waals surface area contributed by atoms with E-state index in [0.29, 0.717) is 0 Å². The molecule has 0 aliphatic rings. The number of rotatable bonds is 5. The summed E-state index contributed by atoms with van der Waals surface area (Å²) in [6.07, 6.45) is -0.256. The molecule has 0 fully saturated rings. The summed E-state index contributed by atoms with van der Waals surface area (Å²) in [5.74, 6) is -1.67. The Morgan fingerprint density at radius 1 is 1.47 bits per heavy atom. The van der Waals surface area contributed by atoms with E-state index in [9.17, 15) is 14.0 Å². The molecule has 0 heterocycles. The first-order valence-electron chi connectivity index (χ1n) is 5.54. The van der Waals surface area contributed by atoms with Gasteiger partial charge in [-0.05, 0) is 12.1 Å². The van der Waals surface area contributed by atoms with Crippen LogP contribution in [0.3, 0.4) is 0 Å². The number of nitrogens with two attached hydrogens (primary N) is 2. The highest BCUT2D eigenvalue weighted by Gasteiger charge is 2.21. The van der Waals surface area contributed by atoms with E-state index in [2.05, 4.69) is 0 Å². The van der Waals surface area contributed by atoms with E-state index in [-0.39, 0.29) is 23.6 Å². The van der Waals surface area contributed by atoms with Gasteiger partial charge in [-0.15, -0.1) is 0 Å². The highest BCUT2D eigenvalue weighted by Crippen LogP contribution is 2.20. The van der Waals surface area contributed by atoms with E-state index in [1.54, 1.807) is 0 Å². The maximum Gasteiger partial charge on any atom is 0.240 e. The molecule has 2 amide bonds. The van der Waals surface area contributed by atoms with Gasteiger partial charge in [-0.3, -0.25) is 9.59 Å². The molecule has 0 saturated heterocycles. The first kappa shape index (κ1) is 15.4. The number of hydrogen-bond donors (Lipinski definition) is 2. The molecule has 5 nitrogen and oxygen atoms in total. The van der Waals surface area contributed by atoms with Gasteiger partial charge in [-0.2, -0.15) is 0 Å². The molecule has 0 aromatic heterocycles. The van der Waals surface area contributed by atoms with E-state index < -0.39 is 23.7 Å². The Morgan fingerprint density at radius 2 is 2.11 bits per heavy atom. The molecule has 0 bridgehead atoms. The molecular weight excluding hydrogens is 273 g/mol. The van der Waals surface area contributed by atoms with Crippen LogP contribution in [0, 0.1) is 5.82 Å². The summed E-state index contributed by atoms with van der Waals surface area (Å²) in [6, 6.07) is 3.22. The Labute approximate surface area is 115 Å². The Kier molecular flexibility index (Phi) is 5.26. The molecule has 0 spiro atoms. The van der Waals surface area contributed by atoms with Gasteiger partial charge in [-0.25, -0.2) is 4.39 Å². The van der Waals surface area contributed by atoms with Crippen molar-refractivity contribution >= 4 is 23.4 Å². The largest absolute Gasteiger partial charge is 0.370 e. The maximum absolute atomic E-state index is 13.6. The smallest absolute Gasteiger partial charge is 0.240 e. The minimum absolute atomic E-state index is 0.0310. The van der Waals surface area contributed by atoms with Crippen molar-refractivity contribution in [2.75, 3.05) is 7.05 Å². The first-order chi connectivity index (χ1) is 8.82. The lowest BCUT2D eigenvalue weighted by Crippen LogP contribution is -2.43. The van der Waals surface area contributed by atoms with Gasteiger partial charge in [0.2, 0.25) is 11.8 Å². The summed E-state index contributed by atoms with van der Waals surface area (Å²) in [5.41, 5.74) is 10.7. The number of carbonyl (C=O) groups excluding carboxylic acids is 2. The van der Waals surface area contributed by atoms with Crippen LogP contribution in [0.5, 0.6) is 0 Å². The number of hydrogen-bond acceptors (Lipinski definition) is 3. The number of halogens is 2. The molecule has 0 radical (unpaired) electrons. The van der Waals surface area contributed by atoms with E-state index in [4.69, 9.17) is 23.1 Å². The number of nitrogens with zero attached hydrogens (tertiary/aromatic N) is 1. The maximum atomic E-state index is 13.6. The van der Waals surface area contributed by atoms with Crippen LogP contribution in [0.25, 0.3) is 0 Å². The minimum atomic E-state index is -1.03. The summed E-state index contributed by atoms with van der Waals surface area (Å²) in [7, 11) is 1.45. The molecule has 1 unspecified atom stereocenters. The summed E-state index contributed by atoms with van der Waals surface area (Å²) >= 11 is 5.86.